The molecular formula is C18H23N3O5. The molecule has 1 aliphatic rings. The van der Waals surface area contributed by atoms with Gasteiger partial charge in [0.1, 0.15) is 5.76 Å². The van der Waals surface area contributed by atoms with Crippen molar-refractivity contribution in [1.29, 1.82) is 0 Å². The van der Waals surface area contributed by atoms with Gasteiger partial charge in [0.25, 0.3) is 5.91 Å². The van der Waals surface area contributed by atoms with E-state index in [1.165, 1.54) is 0 Å². The fourth-order valence-corrected chi connectivity index (χ4v) is 3.51. The molecule has 0 radical (unpaired) electrons. The van der Waals surface area contributed by atoms with Crippen molar-refractivity contribution in [3.63, 3.8) is 0 Å². The third-order valence-electron chi connectivity index (χ3n) is 4.84. The number of aromatic nitrogens is 2. The summed E-state index contributed by atoms with van der Waals surface area (Å²) < 4.78 is 12.3. The lowest BCUT2D eigenvalue weighted by Gasteiger charge is -2.36. The highest BCUT2D eigenvalue weighted by atomic mass is 16.5. The van der Waals surface area contributed by atoms with Gasteiger partial charge >= 0.3 is 5.97 Å². The highest BCUT2D eigenvalue weighted by Crippen LogP contribution is 2.27. The van der Waals surface area contributed by atoms with E-state index in [1.54, 1.807) is 19.1 Å². The molecule has 1 aliphatic heterocycles. The quantitative estimate of drug-likeness (QED) is 0.845. The molecule has 0 aromatic carbocycles. The van der Waals surface area contributed by atoms with Gasteiger partial charge < -0.3 is 19.7 Å². The number of nitrogens with one attached hydrogen (secondary N) is 1. The highest BCUT2D eigenvalue weighted by Gasteiger charge is 2.37. The Morgan fingerprint density at radius 3 is 2.54 bits per heavy atom. The Labute approximate surface area is 151 Å². The smallest absolute Gasteiger partial charge is 0.305 e. The van der Waals surface area contributed by atoms with Gasteiger partial charge in [-0.05, 0) is 39.7 Å². The molecule has 8 heteroatoms. The average molecular weight is 361 g/mol. The van der Waals surface area contributed by atoms with Crippen LogP contribution in [0.1, 0.15) is 46.8 Å². The van der Waals surface area contributed by atoms with Gasteiger partial charge in [0.05, 0.1) is 17.5 Å². The van der Waals surface area contributed by atoms with Crippen LogP contribution in [0.25, 0.3) is 5.82 Å². The van der Waals surface area contributed by atoms with Gasteiger partial charge in [-0.2, -0.15) is 0 Å². The highest BCUT2D eigenvalue weighted by molar-refractivity contribution is 5.96. The van der Waals surface area contributed by atoms with Crippen molar-refractivity contribution in [1.82, 2.24) is 15.0 Å². The first-order valence-corrected chi connectivity index (χ1v) is 8.56. The number of nitrogens with zero attached hydrogens (tertiary/aromatic N) is 2. The molecule has 3 rings (SSSR count). The number of carboxylic acids is 1. The van der Waals surface area contributed by atoms with Crippen LogP contribution in [0.4, 0.5) is 0 Å². The minimum Gasteiger partial charge on any atom is -0.481 e. The molecule has 140 valence electrons. The number of hydrogen-bond acceptors (Lipinski definition) is 5. The topological polar surface area (TPSA) is 107 Å². The van der Waals surface area contributed by atoms with Crippen LogP contribution in [-0.4, -0.2) is 45.5 Å². The van der Waals surface area contributed by atoms with Crippen molar-refractivity contribution in [2.24, 2.45) is 0 Å². The van der Waals surface area contributed by atoms with Gasteiger partial charge in [-0.15, -0.1) is 0 Å². The van der Waals surface area contributed by atoms with E-state index in [0.29, 0.717) is 43.2 Å². The summed E-state index contributed by atoms with van der Waals surface area (Å²) in [5.41, 5.74) is 1.29. The van der Waals surface area contributed by atoms with E-state index >= 15 is 0 Å². The molecule has 2 aromatic rings. The Kier molecular flexibility index (Phi) is 4.86. The van der Waals surface area contributed by atoms with Gasteiger partial charge in [0.15, 0.2) is 5.82 Å². The van der Waals surface area contributed by atoms with E-state index in [4.69, 9.17) is 9.26 Å². The normalized spacial score (nSPS) is 16.4. The Morgan fingerprint density at radius 1 is 1.27 bits per heavy atom. The van der Waals surface area contributed by atoms with Crippen LogP contribution >= 0.6 is 0 Å². The molecule has 8 nitrogen and oxygen atoms in total. The average Bonchev–Trinajstić information content (AvgIpc) is 3.10. The van der Waals surface area contributed by atoms with E-state index in [-0.39, 0.29) is 12.3 Å². The summed E-state index contributed by atoms with van der Waals surface area (Å²) in [7, 11) is 0. The Balaban J connectivity index is 1.89. The van der Waals surface area contributed by atoms with Gasteiger partial charge in [0.2, 0.25) is 0 Å². The lowest BCUT2D eigenvalue weighted by molar-refractivity contribution is -0.139. The number of amides is 1. The molecule has 26 heavy (non-hydrogen) atoms. The predicted octanol–water partition coefficient (Wildman–Crippen LogP) is 2.14. The molecule has 0 bridgehead atoms. The number of carboxylic acid groups (broad SMARTS) is 1. The van der Waals surface area contributed by atoms with Gasteiger partial charge in [-0.1, -0.05) is 5.16 Å². The maximum Gasteiger partial charge on any atom is 0.305 e. The van der Waals surface area contributed by atoms with Crippen molar-refractivity contribution in [3.05, 3.63) is 34.8 Å². The summed E-state index contributed by atoms with van der Waals surface area (Å²) in [4.78, 5) is 24.2. The Bertz CT molecular complexity index is 830. The largest absolute Gasteiger partial charge is 0.481 e. The summed E-state index contributed by atoms with van der Waals surface area (Å²) >= 11 is 0. The Morgan fingerprint density at radius 2 is 1.96 bits per heavy atom. The number of aryl methyl sites for hydroxylation is 2. The summed E-state index contributed by atoms with van der Waals surface area (Å²) in [5.74, 6) is 0.0763. The molecule has 1 fully saturated rings. The molecule has 2 N–H and O–H groups in total. The summed E-state index contributed by atoms with van der Waals surface area (Å²) in [6.45, 7) is 6.39. The maximum atomic E-state index is 12.9. The van der Waals surface area contributed by atoms with Gasteiger partial charge in [-0.3, -0.25) is 14.2 Å². The summed E-state index contributed by atoms with van der Waals surface area (Å²) in [5, 5.41) is 16.2. The second kappa shape index (κ2) is 6.95. The standard InChI is InChI=1S/C18H23N3O5/c1-11-8-14(13(3)21(11)15-9-12(2)26-20-15)17(24)19-18(10-16(22)23)4-6-25-7-5-18/h8-9H,4-7,10H2,1-3H3,(H,19,24)(H,22,23). The number of carbonyl (C=O) groups is 2. The zero-order valence-corrected chi connectivity index (χ0v) is 15.2. The van der Waals surface area contributed by atoms with Crippen LogP contribution in [0.2, 0.25) is 0 Å². The molecule has 3 heterocycles. The second-order valence-corrected chi connectivity index (χ2v) is 6.83. The first kappa shape index (κ1) is 18.2. The fraction of sp³-hybridized carbons (Fsp3) is 0.500. The molecule has 2 aromatic heterocycles. The lowest BCUT2D eigenvalue weighted by Crippen LogP contribution is -2.53. The Hall–Kier alpha value is -2.61. The number of ether oxygens (including phenoxy) is 1. The number of aliphatic carboxylic acids is 1. The molecule has 1 saturated heterocycles. The van der Waals surface area contributed by atoms with Crippen LogP contribution in [-0.2, 0) is 9.53 Å². The molecule has 0 atom stereocenters. The summed E-state index contributed by atoms with van der Waals surface area (Å²) in [6.07, 6.45) is 0.835. The van der Waals surface area contributed by atoms with Gasteiger partial charge in [0, 0.05) is 30.7 Å². The van der Waals surface area contributed by atoms with Crippen LogP contribution in [0.3, 0.4) is 0 Å². The monoisotopic (exact) mass is 361 g/mol. The van der Waals surface area contributed by atoms with Crippen molar-refractivity contribution >= 4 is 11.9 Å². The van der Waals surface area contributed by atoms with Crippen LogP contribution in [0, 0.1) is 20.8 Å². The molecule has 0 aliphatic carbocycles. The SMILES string of the molecule is Cc1cc(-n2c(C)cc(C(=O)NC3(CC(=O)O)CCOCC3)c2C)no1. The van der Waals surface area contributed by atoms with Crippen LogP contribution < -0.4 is 5.32 Å². The summed E-state index contributed by atoms with van der Waals surface area (Å²) in [6, 6.07) is 3.58. The first-order valence-electron chi connectivity index (χ1n) is 8.56. The zero-order valence-electron chi connectivity index (χ0n) is 15.2. The molecule has 0 unspecified atom stereocenters. The molecular weight excluding hydrogens is 338 g/mol. The third kappa shape index (κ3) is 3.50. The van der Waals surface area contributed by atoms with Crippen LogP contribution in [0.5, 0.6) is 0 Å². The van der Waals surface area contributed by atoms with Crippen molar-refractivity contribution in [2.75, 3.05) is 13.2 Å². The molecule has 1 amide bonds. The first-order chi connectivity index (χ1) is 12.3. The van der Waals surface area contributed by atoms with Gasteiger partial charge in [-0.25, -0.2) is 0 Å². The number of carbonyl (C=O) groups excluding carboxylic acids is 1. The van der Waals surface area contributed by atoms with E-state index in [2.05, 4.69) is 10.5 Å². The van der Waals surface area contributed by atoms with Crippen molar-refractivity contribution < 1.29 is 24.0 Å². The maximum absolute atomic E-state index is 12.9. The molecule has 0 saturated carbocycles. The minimum absolute atomic E-state index is 0.122. The fourth-order valence-electron chi connectivity index (χ4n) is 3.51. The lowest BCUT2D eigenvalue weighted by atomic mass is 9.86. The predicted molar refractivity (Wildman–Crippen MR) is 92.5 cm³/mol. The van der Waals surface area contributed by atoms with E-state index < -0.39 is 11.5 Å². The van der Waals surface area contributed by atoms with E-state index in [0.717, 1.165) is 11.4 Å². The molecule has 0 spiro atoms. The third-order valence-corrected chi connectivity index (χ3v) is 4.84. The zero-order chi connectivity index (χ0) is 18.9. The van der Waals surface area contributed by atoms with E-state index in [1.807, 2.05) is 18.4 Å². The van der Waals surface area contributed by atoms with Crippen LogP contribution in [0.15, 0.2) is 16.7 Å². The number of hydrogen-bond donors (Lipinski definition) is 2. The van der Waals surface area contributed by atoms with Crippen molar-refractivity contribution in [3.8, 4) is 5.82 Å². The van der Waals surface area contributed by atoms with E-state index in [9.17, 15) is 14.7 Å². The minimum atomic E-state index is -0.934. The number of rotatable bonds is 5. The second-order valence-electron chi connectivity index (χ2n) is 6.83. The van der Waals surface area contributed by atoms with Crippen molar-refractivity contribution in [2.45, 2.75) is 45.6 Å².